The molecule has 2 aromatic carbocycles. The fraction of sp³-hybridized carbons (Fsp3) is 0.250. The third kappa shape index (κ3) is 5.63. The van der Waals surface area contributed by atoms with Crippen molar-refractivity contribution in [3.05, 3.63) is 71.6 Å². The Morgan fingerprint density at radius 3 is 2.29 bits per heavy atom. The number of hydrogen-bond acceptors (Lipinski definition) is 2. The maximum Gasteiger partial charge on any atom is 0.248 e. The Hall–Kier alpha value is -2.46. The van der Waals surface area contributed by atoms with Crippen molar-refractivity contribution in [3.8, 4) is 0 Å². The zero-order valence-corrected chi connectivity index (χ0v) is 14.3. The highest BCUT2D eigenvalue weighted by molar-refractivity contribution is 6.03. The van der Waals surface area contributed by atoms with E-state index in [1.165, 1.54) is 23.8 Å². The number of carbonyl (C=O) groups is 1. The molecule has 0 saturated carbocycles. The third-order valence-corrected chi connectivity index (χ3v) is 3.72. The molecule has 0 aliphatic rings. The summed E-state index contributed by atoms with van der Waals surface area (Å²) in [5.41, 5.74) is 3.61. The number of nitrogens with one attached hydrogen (secondary N) is 1. The number of benzene rings is 2. The van der Waals surface area contributed by atoms with Gasteiger partial charge in [0, 0.05) is 18.3 Å². The van der Waals surface area contributed by atoms with E-state index in [9.17, 15) is 9.18 Å². The molecule has 24 heavy (non-hydrogen) atoms. The van der Waals surface area contributed by atoms with Crippen LogP contribution in [0.5, 0.6) is 0 Å². The van der Waals surface area contributed by atoms with Crippen LogP contribution in [-0.2, 0) is 11.2 Å². The maximum atomic E-state index is 12.9. The van der Waals surface area contributed by atoms with Gasteiger partial charge >= 0.3 is 0 Å². The standard InChI is InChI=1S/C20H23FN2O/c1-15(17-6-8-18(21)9-7-17)14-20(24)22-19-10-4-16(5-11-19)12-13-23(2)3/h4-11,14H,12-13H2,1-3H3,(H,22,24)/b15-14+. The van der Waals surface area contributed by atoms with Gasteiger partial charge in [-0.15, -0.1) is 0 Å². The van der Waals surface area contributed by atoms with E-state index in [0.717, 1.165) is 29.8 Å². The lowest BCUT2D eigenvalue weighted by Crippen LogP contribution is -2.15. The van der Waals surface area contributed by atoms with Gasteiger partial charge in [0.1, 0.15) is 5.82 Å². The quantitative estimate of drug-likeness (QED) is 0.815. The molecule has 3 nitrogen and oxygen atoms in total. The highest BCUT2D eigenvalue weighted by Gasteiger charge is 2.03. The minimum atomic E-state index is -0.287. The van der Waals surface area contributed by atoms with E-state index in [1.54, 1.807) is 12.1 Å². The minimum Gasteiger partial charge on any atom is -0.323 e. The molecule has 4 heteroatoms. The summed E-state index contributed by atoms with van der Waals surface area (Å²) in [5.74, 6) is -0.483. The summed E-state index contributed by atoms with van der Waals surface area (Å²) in [6.45, 7) is 2.82. The number of halogens is 1. The van der Waals surface area contributed by atoms with E-state index >= 15 is 0 Å². The van der Waals surface area contributed by atoms with E-state index in [1.807, 2.05) is 45.3 Å². The number of anilines is 1. The van der Waals surface area contributed by atoms with Crippen molar-refractivity contribution in [1.82, 2.24) is 4.90 Å². The van der Waals surface area contributed by atoms with E-state index in [0.29, 0.717) is 0 Å². The Balaban J connectivity index is 1.96. The lowest BCUT2D eigenvalue weighted by Gasteiger charge is -2.10. The molecule has 0 fully saturated rings. The summed E-state index contributed by atoms with van der Waals surface area (Å²) in [4.78, 5) is 14.2. The first-order valence-corrected chi connectivity index (χ1v) is 7.93. The first-order valence-electron chi connectivity index (χ1n) is 7.93. The molecular formula is C20H23FN2O. The summed E-state index contributed by atoms with van der Waals surface area (Å²) >= 11 is 0. The van der Waals surface area contributed by atoms with Crippen molar-refractivity contribution in [2.45, 2.75) is 13.3 Å². The molecule has 0 bridgehead atoms. The molecule has 2 rings (SSSR count). The van der Waals surface area contributed by atoms with Gasteiger partial charge in [0.05, 0.1) is 0 Å². The number of rotatable bonds is 6. The van der Waals surface area contributed by atoms with Crippen molar-refractivity contribution >= 4 is 17.2 Å². The molecule has 0 saturated heterocycles. The number of hydrogen-bond donors (Lipinski definition) is 1. The molecule has 1 N–H and O–H groups in total. The first kappa shape index (κ1) is 17.9. The Labute approximate surface area is 142 Å². The molecule has 0 radical (unpaired) electrons. The van der Waals surface area contributed by atoms with E-state index in [-0.39, 0.29) is 11.7 Å². The van der Waals surface area contributed by atoms with Gasteiger partial charge in [-0.1, -0.05) is 24.3 Å². The number of amides is 1. The second-order valence-electron chi connectivity index (χ2n) is 6.07. The van der Waals surface area contributed by atoms with Crippen LogP contribution < -0.4 is 5.32 Å². The number of carbonyl (C=O) groups excluding carboxylic acids is 1. The summed E-state index contributed by atoms with van der Waals surface area (Å²) in [6, 6.07) is 14.0. The minimum absolute atomic E-state index is 0.196. The zero-order valence-electron chi connectivity index (χ0n) is 14.3. The molecule has 0 heterocycles. The topological polar surface area (TPSA) is 32.3 Å². The molecule has 0 aromatic heterocycles. The van der Waals surface area contributed by atoms with Gasteiger partial charge in [-0.25, -0.2) is 4.39 Å². The Bertz CT molecular complexity index is 703. The lowest BCUT2D eigenvalue weighted by atomic mass is 10.1. The average Bonchev–Trinajstić information content (AvgIpc) is 2.54. The second-order valence-corrected chi connectivity index (χ2v) is 6.07. The Morgan fingerprint density at radius 2 is 1.71 bits per heavy atom. The molecule has 0 unspecified atom stereocenters. The normalized spacial score (nSPS) is 11.6. The van der Waals surface area contributed by atoms with Gasteiger partial charge in [-0.3, -0.25) is 4.79 Å². The summed E-state index contributed by atoms with van der Waals surface area (Å²) < 4.78 is 12.9. The van der Waals surface area contributed by atoms with Crippen LogP contribution in [-0.4, -0.2) is 31.4 Å². The van der Waals surface area contributed by atoms with Crippen molar-refractivity contribution in [2.75, 3.05) is 26.0 Å². The first-order chi connectivity index (χ1) is 11.4. The SMILES string of the molecule is C/C(=C\C(=O)Nc1ccc(CCN(C)C)cc1)c1ccc(F)cc1. The van der Waals surface area contributed by atoms with Gasteiger partial charge in [0.2, 0.25) is 5.91 Å². The predicted octanol–water partition coefficient (Wildman–Crippen LogP) is 3.97. The van der Waals surface area contributed by atoms with Gasteiger partial charge in [0.15, 0.2) is 0 Å². The molecule has 0 atom stereocenters. The molecule has 1 amide bonds. The average molecular weight is 326 g/mol. The van der Waals surface area contributed by atoms with Crippen LogP contribution in [0.25, 0.3) is 5.57 Å². The fourth-order valence-corrected chi connectivity index (χ4v) is 2.28. The highest BCUT2D eigenvalue weighted by Crippen LogP contribution is 2.15. The van der Waals surface area contributed by atoms with Crippen LogP contribution in [0, 0.1) is 5.82 Å². The van der Waals surface area contributed by atoms with Crippen molar-refractivity contribution in [1.29, 1.82) is 0 Å². The van der Waals surface area contributed by atoms with Crippen LogP contribution >= 0.6 is 0 Å². The molecule has 0 aliphatic heterocycles. The van der Waals surface area contributed by atoms with Gasteiger partial charge in [0.25, 0.3) is 0 Å². The van der Waals surface area contributed by atoms with Crippen LogP contribution in [0.2, 0.25) is 0 Å². The summed E-state index contributed by atoms with van der Waals surface area (Å²) in [6.07, 6.45) is 2.50. The largest absolute Gasteiger partial charge is 0.323 e. The number of likely N-dealkylation sites (N-methyl/N-ethyl adjacent to an activating group) is 1. The fourth-order valence-electron chi connectivity index (χ4n) is 2.28. The molecule has 126 valence electrons. The van der Waals surface area contributed by atoms with Crippen LogP contribution in [0.1, 0.15) is 18.1 Å². The molecule has 0 aliphatic carbocycles. The zero-order chi connectivity index (χ0) is 17.5. The van der Waals surface area contributed by atoms with E-state index < -0.39 is 0 Å². The Morgan fingerprint density at radius 1 is 1.08 bits per heavy atom. The van der Waals surface area contributed by atoms with Gasteiger partial charge in [-0.2, -0.15) is 0 Å². The highest BCUT2D eigenvalue weighted by atomic mass is 19.1. The van der Waals surface area contributed by atoms with Crippen molar-refractivity contribution in [3.63, 3.8) is 0 Å². The van der Waals surface area contributed by atoms with Crippen molar-refractivity contribution in [2.24, 2.45) is 0 Å². The summed E-state index contributed by atoms with van der Waals surface area (Å²) in [5, 5.41) is 2.85. The Kier molecular flexibility index (Phi) is 6.27. The third-order valence-electron chi connectivity index (χ3n) is 3.72. The van der Waals surface area contributed by atoms with E-state index in [2.05, 4.69) is 10.2 Å². The maximum absolute atomic E-state index is 12.9. The van der Waals surface area contributed by atoms with Crippen LogP contribution in [0.3, 0.4) is 0 Å². The van der Waals surface area contributed by atoms with Gasteiger partial charge in [-0.05, 0) is 68.4 Å². The number of allylic oxidation sites excluding steroid dienone is 1. The molecule has 0 spiro atoms. The van der Waals surface area contributed by atoms with Crippen molar-refractivity contribution < 1.29 is 9.18 Å². The number of nitrogens with zero attached hydrogens (tertiary/aromatic N) is 1. The van der Waals surface area contributed by atoms with Crippen LogP contribution in [0.4, 0.5) is 10.1 Å². The monoisotopic (exact) mass is 326 g/mol. The predicted molar refractivity (Wildman–Crippen MR) is 97.4 cm³/mol. The molecular weight excluding hydrogens is 303 g/mol. The van der Waals surface area contributed by atoms with Gasteiger partial charge < -0.3 is 10.2 Å². The van der Waals surface area contributed by atoms with Crippen LogP contribution in [0.15, 0.2) is 54.6 Å². The molecule has 2 aromatic rings. The second kappa shape index (κ2) is 8.41. The van der Waals surface area contributed by atoms with E-state index in [4.69, 9.17) is 0 Å². The smallest absolute Gasteiger partial charge is 0.248 e. The lowest BCUT2D eigenvalue weighted by molar-refractivity contribution is -0.111. The summed E-state index contributed by atoms with van der Waals surface area (Å²) in [7, 11) is 4.09.